The van der Waals surface area contributed by atoms with Crippen LogP contribution < -0.4 is 10.6 Å². The van der Waals surface area contributed by atoms with E-state index in [0.717, 1.165) is 40.4 Å². The second kappa shape index (κ2) is 8.97. The average Bonchev–Trinajstić information content (AvgIpc) is 3.32. The smallest absolute Gasteiger partial charge is 0.320 e. The van der Waals surface area contributed by atoms with E-state index in [4.69, 9.17) is 5.73 Å². The van der Waals surface area contributed by atoms with Crippen molar-refractivity contribution in [1.29, 1.82) is 0 Å². The van der Waals surface area contributed by atoms with Gasteiger partial charge in [0.1, 0.15) is 12.1 Å². The molecule has 7 nitrogen and oxygen atoms in total. The van der Waals surface area contributed by atoms with Gasteiger partial charge in [-0.2, -0.15) is 0 Å². The normalized spacial score (nSPS) is 18.8. The third-order valence-corrected chi connectivity index (χ3v) is 7.36. The van der Waals surface area contributed by atoms with E-state index >= 15 is 0 Å². The van der Waals surface area contributed by atoms with Gasteiger partial charge in [-0.1, -0.05) is 6.92 Å². The number of aryl methyl sites for hydroxylation is 1. The van der Waals surface area contributed by atoms with Crippen LogP contribution in [0, 0.1) is 0 Å². The van der Waals surface area contributed by atoms with Crippen LogP contribution >= 0.6 is 27.3 Å². The van der Waals surface area contributed by atoms with Gasteiger partial charge in [-0.15, -0.1) is 11.3 Å². The molecule has 156 valence electrons. The maximum atomic E-state index is 13.1. The quantitative estimate of drug-likeness (QED) is 0.714. The second-order valence-electron chi connectivity index (χ2n) is 7.67. The molecule has 0 unspecified atom stereocenters. The van der Waals surface area contributed by atoms with Crippen molar-refractivity contribution in [1.82, 2.24) is 19.8 Å². The molecule has 9 heteroatoms. The molecule has 2 aliphatic rings. The van der Waals surface area contributed by atoms with E-state index in [0.29, 0.717) is 38.6 Å². The Labute approximate surface area is 184 Å². The standard InChI is InChI=1S/C20H27BrN6OS/c1-14-2-4-16-18(14)19(24-13-23-16)25-8-10-26(11-9-25)20(28)27(7-6-22)12-15-3-5-17(21)29-15/h3,5,13-14H,2,4,6-12,22H2,1H3/t14-/m1/s1. The Morgan fingerprint density at radius 2 is 2.10 bits per heavy atom. The van der Waals surface area contributed by atoms with Gasteiger partial charge in [0.05, 0.1) is 10.3 Å². The molecule has 0 bridgehead atoms. The number of amides is 2. The van der Waals surface area contributed by atoms with Crippen molar-refractivity contribution in [2.45, 2.75) is 32.2 Å². The first-order valence-electron chi connectivity index (χ1n) is 10.1. The number of thiophene rings is 1. The minimum absolute atomic E-state index is 0.0703. The molecule has 29 heavy (non-hydrogen) atoms. The number of anilines is 1. The van der Waals surface area contributed by atoms with Crippen molar-refractivity contribution in [3.05, 3.63) is 38.4 Å². The third-order valence-electron chi connectivity index (χ3n) is 5.75. The monoisotopic (exact) mass is 478 g/mol. The van der Waals surface area contributed by atoms with Crippen LogP contribution in [0.25, 0.3) is 0 Å². The number of aromatic nitrogens is 2. The van der Waals surface area contributed by atoms with Gasteiger partial charge in [0.25, 0.3) is 0 Å². The average molecular weight is 479 g/mol. The van der Waals surface area contributed by atoms with E-state index in [1.54, 1.807) is 17.7 Å². The summed E-state index contributed by atoms with van der Waals surface area (Å²) < 4.78 is 1.08. The number of hydrogen-bond donors (Lipinski definition) is 1. The highest BCUT2D eigenvalue weighted by atomic mass is 79.9. The highest BCUT2D eigenvalue weighted by molar-refractivity contribution is 9.11. The zero-order valence-corrected chi connectivity index (χ0v) is 19.1. The number of urea groups is 1. The molecule has 4 rings (SSSR count). The molecule has 1 fully saturated rings. The fourth-order valence-electron chi connectivity index (χ4n) is 4.21. The Kier molecular flexibility index (Phi) is 6.36. The summed E-state index contributed by atoms with van der Waals surface area (Å²) >= 11 is 5.15. The van der Waals surface area contributed by atoms with Crippen LogP contribution in [0.5, 0.6) is 0 Å². The van der Waals surface area contributed by atoms with Crippen LogP contribution in [-0.2, 0) is 13.0 Å². The van der Waals surface area contributed by atoms with E-state index < -0.39 is 0 Å². The first-order chi connectivity index (χ1) is 14.1. The Morgan fingerprint density at radius 1 is 1.31 bits per heavy atom. The SMILES string of the molecule is C[C@@H]1CCc2ncnc(N3CCN(C(=O)N(CCN)Cc4ccc(Br)s4)CC3)c21. The second-order valence-corrected chi connectivity index (χ2v) is 10.2. The molecule has 2 aromatic rings. The molecule has 0 aromatic carbocycles. The summed E-state index contributed by atoms with van der Waals surface area (Å²) in [4.78, 5) is 29.5. The first kappa shape index (κ1) is 20.6. The molecule has 0 spiro atoms. The summed E-state index contributed by atoms with van der Waals surface area (Å²) in [7, 11) is 0. The number of halogens is 1. The number of carbonyl (C=O) groups excluding carboxylic acids is 1. The lowest BCUT2D eigenvalue weighted by molar-refractivity contribution is 0.149. The lowest BCUT2D eigenvalue weighted by Crippen LogP contribution is -2.53. The number of rotatable bonds is 5. The van der Waals surface area contributed by atoms with Crippen LogP contribution in [0.4, 0.5) is 10.6 Å². The number of nitrogens with zero attached hydrogens (tertiary/aromatic N) is 5. The van der Waals surface area contributed by atoms with Crippen molar-refractivity contribution < 1.29 is 4.79 Å². The number of carbonyl (C=O) groups is 1. The van der Waals surface area contributed by atoms with Crippen molar-refractivity contribution in [2.24, 2.45) is 5.73 Å². The summed E-state index contributed by atoms with van der Waals surface area (Å²) in [5.74, 6) is 1.57. The van der Waals surface area contributed by atoms with Crippen molar-refractivity contribution in [3.8, 4) is 0 Å². The summed E-state index contributed by atoms with van der Waals surface area (Å²) in [5.41, 5.74) is 8.28. The van der Waals surface area contributed by atoms with E-state index in [9.17, 15) is 4.79 Å². The molecule has 2 aromatic heterocycles. The summed E-state index contributed by atoms with van der Waals surface area (Å²) in [6.45, 7) is 6.86. The van der Waals surface area contributed by atoms with Crippen molar-refractivity contribution in [2.75, 3.05) is 44.2 Å². The highest BCUT2D eigenvalue weighted by Crippen LogP contribution is 2.37. The Balaban J connectivity index is 1.41. The van der Waals surface area contributed by atoms with E-state index in [-0.39, 0.29) is 6.03 Å². The minimum Gasteiger partial charge on any atom is -0.353 e. The number of nitrogens with two attached hydrogens (primary N) is 1. The molecule has 1 aliphatic carbocycles. The molecular formula is C20H27BrN6OS. The van der Waals surface area contributed by atoms with Crippen LogP contribution in [0.1, 0.15) is 35.4 Å². The number of hydrogen-bond acceptors (Lipinski definition) is 6. The van der Waals surface area contributed by atoms with Crippen molar-refractivity contribution in [3.63, 3.8) is 0 Å². The maximum absolute atomic E-state index is 13.1. The van der Waals surface area contributed by atoms with Gasteiger partial charge in [-0.3, -0.25) is 0 Å². The van der Waals surface area contributed by atoms with E-state index in [2.05, 4.69) is 43.8 Å². The van der Waals surface area contributed by atoms with Gasteiger partial charge in [-0.25, -0.2) is 14.8 Å². The molecule has 2 N–H and O–H groups in total. The number of fused-ring (bicyclic) bond motifs is 1. The Morgan fingerprint density at radius 3 is 2.79 bits per heavy atom. The van der Waals surface area contributed by atoms with Crippen LogP contribution in [-0.4, -0.2) is 65.1 Å². The Bertz CT molecular complexity index is 866. The van der Waals surface area contributed by atoms with E-state index in [1.807, 2.05) is 15.9 Å². The van der Waals surface area contributed by atoms with Gasteiger partial charge in [0.2, 0.25) is 0 Å². The molecule has 2 amide bonds. The van der Waals surface area contributed by atoms with Gasteiger partial charge in [0, 0.05) is 55.4 Å². The number of piperazine rings is 1. The minimum atomic E-state index is 0.0703. The third kappa shape index (κ3) is 4.41. The van der Waals surface area contributed by atoms with Gasteiger partial charge >= 0.3 is 6.03 Å². The maximum Gasteiger partial charge on any atom is 0.320 e. The largest absolute Gasteiger partial charge is 0.353 e. The first-order valence-corrected chi connectivity index (χ1v) is 11.7. The highest BCUT2D eigenvalue weighted by Gasteiger charge is 2.30. The lowest BCUT2D eigenvalue weighted by atomic mass is 10.1. The van der Waals surface area contributed by atoms with Crippen LogP contribution in [0.3, 0.4) is 0 Å². The predicted octanol–water partition coefficient (Wildman–Crippen LogP) is 3.05. The van der Waals surface area contributed by atoms with Gasteiger partial charge in [0.15, 0.2) is 0 Å². The Hall–Kier alpha value is -1.71. The molecular weight excluding hydrogens is 452 g/mol. The fraction of sp³-hybridized carbons (Fsp3) is 0.550. The predicted molar refractivity (Wildman–Crippen MR) is 119 cm³/mol. The molecule has 0 radical (unpaired) electrons. The fourth-order valence-corrected chi connectivity index (χ4v) is 5.71. The molecule has 1 aliphatic heterocycles. The lowest BCUT2D eigenvalue weighted by Gasteiger charge is -2.38. The van der Waals surface area contributed by atoms with E-state index in [1.165, 1.54) is 11.3 Å². The molecule has 1 saturated heterocycles. The molecule has 0 saturated carbocycles. The molecule has 1 atom stereocenters. The van der Waals surface area contributed by atoms with Crippen molar-refractivity contribution >= 4 is 39.1 Å². The topological polar surface area (TPSA) is 78.6 Å². The zero-order chi connectivity index (χ0) is 20.4. The summed E-state index contributed by atoms with van der Waals surface area (Å²) in [6, 6.07) is 4.15. The summed E-state index contributed by atoms with van der Waals surface area (Å²) in [6.07, 6.45) is 3.87. The zero-order valence-electron chi connectivity index (χ0n) is 16.7. The van der Waals surface area contributed by atoms with Crippen LogP contribution in [0.15, 0.2) is 22.2 Å². The van der Waals surface area contributed by atoms with Gasteiger partial charge in [-0.05, 0) is 46.8 Å². The van der Waals surface area contributed by atoms with Gasteiger partial charge < -0.3 is 20.4 Å². The summed E-state index contributed by atoms with van der Waals surface area (Å²) in [5, 5.41) is 0. The molecule has 3 heterocycles. The van der Waals surface area contributed by atoms with Crippen LogP contribution in [0.2, 0.25) is 0 Å².